The summed E-state index contributed by atoms with van der Waals surface area (Å²) in [4.78, 5) is 18.5. The van der Waals surface area contributed by atoms with Crippen LogP contribution in [-0.4, -0.2) is 53.4 Å². The molecule has 0 atom stereocenters. The Bertz CT molecular complexity index is 1440. The van der Waals surface area contributed by atoms with Gasteiger partial charge in [-0.05, 0) is 36.8 Å². The zero-order valence-electron chi connectivity index (χ0n) is 17.2. The summed E-state index contributed by atoms with van der Waals surface area (Å²) in [6.45, 7) is 4.40. The molecule has 0 spiro atoms. The van der Waals surface area contributed by atoms with E-state index in [1.54, 1.807) is 13.1 Å². The van der Waals surface area contributed by atoms with Gasteiger partial charge < -0.3 is 8.83 Å². The SMILES string of the molecule is Cc1ccc2oc(CN3CCN(S(=O)(=O)c4ccc5c(c4)oc(=O)n5C)CC3)nc2c1. The van der Waals surface area contributed by atoms with E-state index in [0.717, 1.165) is 16.7 Å². The molecule has 1 aliphatic rings. The number of oxazole rings is 2. The number of fused-ring (bicyclic) bond motifs is 2. The van der Waals surface area contributed by atoms with Crippen molar-refractivity contribution in [2.75, 3.05) is 26.2 Å². The minimum absolute atomic E-state index is 0.122. The zero-order chi connectivity index (χ0) is 21.8. The normalized spacial score (nSPS) is 16.5. The van der Waals surface area contributed by atoms with Gasteiger partial charge in [-0.3, -0.25) is 9.47 Å². The van der Waals surface area contributed by atoms with E-state index < -0.39 is 15.8 Å². The lowest BCUT2D eigenvalue weighted by Gasteiger charge is -2.33. The molecule has 1 aliphatic heterocycles. The van der Waals surface area contributed by atoms with E-state index in [1.807, 2.05) is 25.1 Å². The number of rotatable bonds is 4. The molecule has 1 fully saturated rings. The maximum Gasteiger partial charge on any atom is 0.419 e. The van der Waals surface area contributed by atoms with Gasteiger partial charge in [-0.25, -0.2) is 18.2 Å². The summed E-state index contributed by atoms with van der Waals surface area (Å²) in [5, 5.41) is 0. The van der Waals surface area contributed by atoms with Crippen LogP contribution < -0.4 is 5.76 Å². The standard InChI is InChI=1S/C21H22N4O5S/c1-14-3-6-18-16(11-14)22-20(29-18)13-24-7-9-25(10-8-24)31(27,28)15-4-5-17-19(12-15)30-21(26)23(17)2/h3-6,11-12H,7-10,13H2,1-2H3. The van der Waals surface area contributed by atoms with Gasteiger partial charge in [-0.2, -0.15) is 4.31 Å². The molecule has 9 nitrogen and oxygen atoms in total. The van der Waals surface area contributed by atoms with Crippen molar-refractivity contribution < 1.29 is 17.3 Å². The monoisotopic (exact) mass is 442 g/mol. The van der Waals surface area contributed by atoms with Crippen LogP contribution in [0.25, 0.3) is 22.2 Å². The van der Waals surface area contributed by atoms with Crippen LogP contribution in [0.4, 0.5) is 0 Å². The number of sulfonamides is 1. The number of aromatic nitrogens is 2. The molecular formula is C21H22N4O5S. The fraction of sp³-hybridized carbons (Fsp3) is 0.333. The van der Waals surface area contributed by atoms with E-state index >= 15 is 0 Å². The second kappa shape index (κ2) is 7.33. The molecule has 31 heavy (non-hydrogen) atoms. The van der Waals surface area contributed by atoms with Crippen molar-refractivity contribution in [3.8, 4) is 0 Å². The van der Waals surface area contributed by atoms with E-state index in [1.165, 1.54) is 21.0 Å². The number of benzene rings is 2. The first kappa shape index (κ1) is 20.0. The molecule has 0 bridgehead atoms. The maximum absolute atomic E-state index is 13.1. The fourth-order valence-corrected chi connectivity index (χ4v) is 5.33. The average molecular weight is 442 g/mol. The first-order valence-corrected chi connectivity index (χ1v) is 11.4. The minimum atomic E-state index is -3.68. The summed E-state index contributed by atoms with van der Waals surface area (Å²) in [7, 11) is -2.10. The van der Waals surface area contributed by atoms with Crippen LogP contribution in [-0.2, 0) is 23.6 Å². The highest BCUT2D eigenvalue weighted by Crippen LogP contribution is 2.23. The van der Waals surface area contributed by atoms with Crippen molar-refractivity contribution in [3.05, 3.63) is 58.4 Å². The van der Waals surface area contributed by atoms with Crippen LogP contribution >= 0.6 is 0 Å². The Morgan fingerprint density at radius 1 is 1.00 bits per heavy atom. The van der Waals surface area contributed by atoms with E-state index in [0.29, 0.717) is 44.1 Å². The van der Waals surface area contributed by atoms with Gasteiger partial charge in [-0.15, -0.1) is 0 Å². The Morgan fingerprint density at radius 2 is 1.77 bits per heavy atom. The summed E-state index contributed by atoms with van der Waals surface area (Å²) in [6, 6.07) is 10.4. The molecule has 0 unspecified atom stereocenters. The van der Waals surface area contributed by atoms with Gasteiger partial charge in [0.2, 0.25) is 15.9 Å². The largest absolute Gasteiger partial charge is 0.439 e. The summed E-state index contributed by atoms with van der Waals surface area (Å²) in [5.74, 6) is 0.106. The number of nitrogens with zero attached hydrogens (tertiary/aromatic N) is 4. The number of piperazine rings is 1. The van der Waals surface area contributed by atoms with Crippen LogP contribution in [0.15, 0.2) is 54.9 Å². The van der Waals surface area contributed by atoms with Crippen molar-refractivity contribution in [1.82, 2.24) is 18.8 Å². The van der Waals surface area contributed by atoms with Crippen molar-refractivity contribution in [3.63, 3.8) is 0 Å². The topological polar surface area (TPSA) is 102 Å². The van der Waals surface area contributed by atoms with Crippen LogP contribution in [0, 0.1) is 6.92 Å². The van der Waals surface area contributed by atoms with Gasteiger partial charge in [0.05, 0.1) is 17.0 Å². The lowest BCUT2D eigenvalue weighted by molar-refractivity contribution is 0.169. The van der Waals surface area contributed by atoms with E-state index in [2.05, 4.69) is 9.88 Å². The Hall–Kier alpha value is -2.95. The number of hydrogen-bond acceptors (Lipinski definition) is 7. The predicted octanol–water partition coefficient (Wildman–Crippen LogP) is 2.09. The first-order chi connectivity index (χ1) is 14.8. The molecule has 162 valence electrons. The molecule has 2 aromatic heterocycles. The Balaban J connectivity index is 1.29. The van der Waals surface area contributed by atoms with Crippen LogP contribution in [0.1, 0.15) is 11.5 Å². The molecule has 4 aromatic rings. The molecule has 3 heterocycles. The fourth-order valence-electron chi connectivity index (χ4n) is 3.90. The second-order valence-corrected chi connectivity index (χ2v) is 9.75. The summed E-state index contributed by atoms with van der Waals surface area (Å²) < 4.78 is 39.9. The molecule has 0 amide bonds. The summed E-state index contributed by atoms with van der Waals surface area (Å²) >= 11 is 0. The van der Waals surface area contributed by atoms with Gasteiger partial charge in [0.25, 0.3) is 0 Å². The van der Waals surface area contributed by atoms with Crippen molar-refractivity contribution in [2.45, 2.75) is 18.4 Å². The van der Waals surface area contributed by atoms with Crippen LogP contribution in [0.3, 0.4) is 0 Å². The number of aryl methyl sites for hydroxylation is 2. The third-order valence-corrected chi connectivity index (χ3v) is 7.57. The van der Waals surface area contributed by atoms with Crippen molar-refractivity contribution >= 4 is 32.2 Å². The summed E-state index contributed by atoms with van der Waals surface area (Å²) in [5.41, 5.74) is 3.53. The average Bonchev–Trinajstić information content (AvgIpc) is 3.27. The third kappa shape index (κ3) is 3.56. The van der Waals surface area contributed by atoms with Crippen LogP contribution in [0.2, 0.25) is 0 Å². The molecule has 0 radical (unpaired) electrons. The molecule has 5 rings (SSSR count). The van der Waals surface area contributed by atoms with Gasteiger partial charge >= 0.3 is 5.76 Å². The molecular weight excluding hydrogens is 420 g/mol. The Kier molecular flexibility index (Phi) is 4.72. The highest BCUT2D eigenvalue weighted by Gasteiger charge is 2.29. The van der Waals surface area contributed by atoms with E-state index in [-0.39, 0.29) is 10.5 Å². The highest BCUT2D eigenvalue weighted by atomic mass is 32.2. The smallest absolute Gasteiger partial charge is 0.419 e. The van der Waals surface area contributed by atoms with Gasteiger partial charge in [0.15, 0.2) is 11.2 Å². The molecule has 10 heteroatoms. The van der Waals surface area contributed by atoms with E-state index in [9.17, 15) is 13.2 Å². The first-order valence-electron chi connectivity index (χ1n) is 9.99. The second-order valence-electron chi connectivity index (χ2n) is 7.82. The lowest BCUT2D eigenvalue weighted by Crippen LogP contribution is -2.48. The summed E-state index contributed by atoms with van der Waals surface area (Å²) in [6.07, 6.45) is 0. The van der Waals surface area contributed by atoms with Crippen molar-refractivity contribution in [1.29, 1.82) is 0 Å². The molecule has 2 aromatic carbocycles. The number of hydrogen-bond donors (Lipinski definition) is 0. The van der Waals surface area contributed by atoms with Crippen LogP contribution in [0.5, 0.6) is 0 Å². The third-order valence-electron chi connectivity index (χ3n) is 5.68. The molecule has 0 aliphatic carbocycles. The van der Waals surface area contributed by atoms with E-state index in [4.69, 9.17) is 8.83 Å². The maximum atomic E-state index is 13.1. The molecule has 0 N–H and O–H groups in total. The minimum Gasteiger partial charge on any atom is -0.439 e. The van der Waals surface area contributed by atoms with Crippen molar-refractivity contribution in [2.24, 2.45) is 7.05 Å². The lowest BCUT2D eigenvalue weighted by atomic mass is 10.2. The highest BCUT2D eigenvalue weighted by molar-refractivity contribution is 7.89. The van der Waals surface area contributed by atoms with Gasteiger partial charge in [0.1, 0.15) is 5.52 Å². The quantitative estimate of drug-likeness (QED) is 0.477. The molecule has 0 saturated carbocycles. The Morgan fingerprint density at radius 3 is 2.55 bits per heavy atom. The predicted molar refractivity (Wildman–Crippen MR) is 114 cm³/mol. The van der Waals surface area contributed by atoms with Gasteiger partial charge in [-0.1, -0.05) is 6.07 Å². The zero-order valence-corrected chi connectivity index (χ0v) is 18.1. The Labute approximate surface area is 178 Å². The molecule has 1 saturated heterocycles. The van der Waals surface area contributed by atoms with Gasteiger partial charge in [0, 0.05) is 39.3 Å².